The second-order valence-corrected chi connectivity index (χ2v) is 2.94. The van der Waals surface area contributed by atoms with Gasteiger partial charge in [0, 0.05) is 23.6 Å². The van der Waals surface area contributed by atoms with Crippen molar-refractivity contribution in [3.63, 3.8) is 0 Å². The molecule has 0 unspecified atom stereocenters. The Bertz CT molecular complexity index is 239. The van der Waals surface area contributed by atoms with Gasteiger partial charge in [-0.15, -0.1) is 0 Å². The summed E-state index contributed by atoms with van der Waals surface area (Å²) < 4.78 is 1.44. The normalized spacial score (nSPS) is 19.0. The van der Waals surface area contributed by atoms with E-state index in [1.165, 1.54) is 0 Å². The molecule has 1 rings (SSSR count). The summed E-state index contributed by atoms with van der Waals surface area (Å²) >= 11 is 21.6. The molecule has 0 fully saturated rings. The summed E-state index contributed by atoms with van der Waals surface area (Å²) in [7, 11) is 0. The zero-order chi connectivity index (χ0) is 8.59. The molecule has 1 amide bonds. The zero-order valence-corrected chi connectivity index (χ0v) is 10.8. The first-order valence-electron chi connectivity index (χ1n) is 2.32. The van der Waals surface area contributed by atoms with Crippen LogP contribution in [0, 0.1) is 0 Å². The molecule has 0 aromatic rings. The summed E-state index contributed by atoms with van der Waals surface area (Å²) in [6, 6.07) is 0. The number of amides is 1. The Morgan fingerprint density at radius 3 is 2.33 bits per heavy atom. The Hall–Kier alpha value is 1.13. The number of hydrogen-bond acceptors (Lipinski definition) is 3. The maximum atomic E-state index is 10.8. The molecule has 0 aliphatic carbocycles. The molecule has 1 aliphatic heterocycles. The molecule has 1 aliphatic rings. The number of rotatable bonds is 0. The first-order valence-corrected chi connectivity index (χ1v) is 3.75. The van der Waals surface area contributed by atoms with Crippen LogP contribution in [-0.4, -0.2) is 15.1 Å². The van der Waals surface area contributed by atoms with Crippen LogP contribution in [0.4, 0.5) is 0 Å². The maximum absolute atomic E-state index is 10.8. The monoisotopic (exact) mass is 259 g/mol. The Balaban J connectivity index is 0. The van der Waals surface area contributed by atoms with Crippen LogP contribution in [0.25, 0.3) is 0 Å². The predicted molar refractivity (Wildman–Crippen MR) is 43.4 cm³/mol. The van der Waals surface area contributed by atoms with Crippen molar-refractivity contribution in [2.75, 3.05) is 0 Å². The molecule has 4 nitrogen and oxygen atoms in total. The molecule has 64 valence electrons. The molecule has 0 atom stereocenters. The van der Waals surface area contributed by atoms with E-state index in [1.807, 2.05) is 0 Å². The van der Waals surface area contributed by atoms with Gasteiger partial charge in [-0.05, 0) is 4.64 Å². The minimum Gasteiger partial charge on any atom is -1.00 e. The molecule has 0 saturated carbocycles. The maximum Gasteiger partial charge on any atom is 1.00 e. The van der Waals surface area contributed by atoms with E-state index in [9.17, 15) is 4.79 Å². The quantitative estimate of drug-likeness (QED) is 0.331. The van der Waals surface area contributed by atoms with E-state index < -0.39 is 5.91 Å². The van der Waals surface area contributed by atoms with Crippen LogP contribution in [0.2, 0.25) is 0 Å². The Labute approximate surface area is 112 Å². The fourth-order valence-corrected chi connectivity index (χ4v) is 1.07. The van der Waals surface area contributed by atoms with Gasteiger partial charge >= 0.3 is 29.6 Å². The minimum atomic E-state index is -0.608. The largest absolute Gasteiger partial charge is 1.00 e. The second-order valence-electron chi connectivity index (χ2n) is 1.57. The van der Waals surface area contributed by atoms with Crippen molar-refractivity contribution in [2.45, 2.75) is 0 Å². The number of nitrogens with one attached hydrogen (secondary N) is 1. The average molecular weight is 261 g/mol. The third-order valence-corrected chi connectivity index (χ3v) is 2.41. The standard InChI is InChI=1S/C3HCl4N3O.Na.H/c4-1-2(5)9(6)10(7)8-3(1)11;;/h(H,8,11);;/q;+1;-1. The van der Waals surface area contributed by atoms with E-state index >= 15 is 0 Å². The van der Waals surface area contributed by atoms with E-state index in [0.717, 1.165) is 4.53 Å². The second kappa shape index (κ2) is 5.12. The third kappa shape index (κ3) is 2.56. The molecule has 1 heterocycles. The minimum absolute atomic E-state index is 0. The fourth-order valence-electron chi connectivity index (χ4n) is 0.429. The van der Waals surface area contributed by atoms with Crippen molar-refractivity contribution in [1.82, 2.24) is 14.6 Å². The van der Waals surface area contributed by atoms with Gasteiger partial charge < -0.3 is 1.43 Å². The van der Waals surface area contributed by atoms with E-state index in [-0.39, 0.29) is 41.2 Å². The number of carbonyl (C=O) groups is 1. The van der Waals surface area contributed by atoms with Crippen LogP contribution in [0.5, 0.6) is 0 Å². The molecule has 0 bridgehead atoms. The molecule has 9 heteroatoms. The van der Waals surface area contributed by atoms with Crippen molar-refractivity contribution >= 4 is 52.7 Å². The summed E-state index contributed by atoms with van der Waals surface area (Å²) in [6.07, 6.45) is 0. The molecule has 12 heavy (non-hydrogen) atoms. The average Bonchev–Trinajstić information content (AvgIpc) is 1.97. The summed E-state index contributed by atoms with van der Waals surface area (Å²) in [4.78, 5) is 10.8. The molecule has 0 saturated heterocycles. The molecular formula is C3H2Cl4N3NaO. The van der Waals surface area contributed by atoms with E-state index in [1.54, 1.807) is 0 Å². The Morgan fingerprint density at radius 2 is 1.83 bits per heavy atom. The number of halogens is 4. The zero-order valence-electron chi connectivity index (χ0n) is 6.81. The number of nitrogens with zero attached hydrogens (tertiary/aromatic N) is 2. The Morgan fingerprint density at radius 1 is 1.33 bits per heavy atom. The molecule has 0 aromatic heterocycles. The Kier molecular flexibility index (Phi) is 5.60. The van der Waals surface area contributed by atoms with Crippen molar-refractivity contribution in [1.29, 1.82) is 0 Å². The smallest absolute Gasteiger partial charge is 1.00 e. The number of hydrogen-bond donors (Lipinski definition) is 1. The topological polar surface area (TPSA) is 35.6 Å². The summed E-state index contributed by atoms with van der Waals surface area (Å²) in [6.45, 7) is 0. The number of carbonyl (C=O) groups excluding carboxylic acids is 1. The van der Waals surface area contributed by atoms with Crippen LogP contribution in [0.3, 0.4) is 0 Å². The van der Waals surface area contributed by atoms with Gasteiger partial charge in [0.05, 0.1) is 0 Å². The summed E-state index contributed by atoms with van der Waals surface area (Å²) in [5.41, 5.74) is 2.09. The van der Waals surface area contributed by atoms with E-state index in [2.05, 4.69) is 5.43 Å². The van der Waals surface area contributed by atoms with E-state index in [4.69, 9.17) is 46.8 Å². The van der Waals surface area contributed by atoms with Gasteiger partial charge in [0.2, 0.25) is 0 Å². The van der Waals surface area contributed by atoms with Crippen LogP contribution >= 0.6 is 46.8 Å². The first kappa shape index (κ1) is 13.1. The molecule has 0 spiro atoms. The van der Waals surface area contributed by atoms with Crippen molar-refractivity contribution in [3.05, 3.63) is 10.2 Å². The third-order valence-electron chi connectivity index (χ3n) is 0.890. The molecule has 0 radical (unpaired) electrons. The van der Waals surface area contributed by atoms with Crippen LogP contribution in [-0.2, 0) is 4.79 Å². The predicted octanol–water partition coefficient (Wildman–Crippen LogP) is -1.38. The molecule has 1 N–H and O–H groups in total. The van der Waals surface area contributed by atoms with Gasteiger partial charge in [-0.1, -0.05) is 23.2 Å². The van der Waals surface area contributed by atoms with Gasteiger partial charge in [0.25, 0.3) is 5.91 Å². The van der Waals surface area contributed by atoms with Gasteiger partial charge in [-0.25, -0.2) is 5.43 Å². The van der Waals surface area contributed by atoms with Crippen molar-refractivity contribution < 1.29 is 35.8 Å². The molecular weight excluding hydrogens is 259 g/mol. The first-order chi connectivity index (χ1) is 5.04. The van der Waals surface area contributed by atoms with Gasteiger partial charge in [0.1, 0.15) is 5.03 Å². The molecule has 0 aromatic carbocycles. The fraction of sp³-hybridized carbons (Fsp3) is 0. The van der Waals surface area contributed by atoms with Gasteiger partial charge in [-0.2, -0.15) is 4.53 Å². The van der Waals surface area contributed by atoms with Crippen molar-refractivity contribution in [3.8, 4) is 0 Å². The van der Waals surface area contributed by atoms with Gasteiger partial charge in [0.15, 0.2) is 5.16 Å². The van der Waals surface area contributed by atoms with Crippen LogP contribution in [0.1, 0.15) is 1.43 Å². The van der Waals surface area contributed by atoms with Gasteiger partial charge in [-0.3, -0.25) is 4.79 Å². The van der Waals surface area contributed by atoms with Crippen LogP contribution in [0.15, 0.2) is 10.2 Å². The summed E-state index contributed by atoms with van der Waals surface area (Å²) in [5, 5.41) is -0.356. The van der Waals surface area contributed by atoms with Crippen LogP contribution < -0.4 is 35.0 Å². The SMILES string of the molecule is O=C1NN(Cl)N(Cl)C(Cl)=C1Cl.[H-].[Na+]. The summed E-state index contributed by atoms with van der Waals surface area (Å²) in [5.74, 6) is -0.608. The van der Waals surface area contributed by atoms with Crippen molar-refractivity contribution in [2.24, 2.45) is 0 Å². The van der Waals surface area contributed by atoms with E-state index in [0.29, 0.717) is 4.64 Å². The number of hydrazine groups is 2.